The van der Waals surface area contributed by atoms with Crippen molar-refractivity contribution in [3.63, 3.8) is 0 Å². The van der Waals surface area contributed by atoms with Crippen LogP contribution in [-0.2, 0) is 14.3 Å². The smallest absolute Gasteiger partial charge is 0.407 e. The number of rotatable bonds is 10. The van der Waals surface area contributed by atoms with Crippen LogP contribution in [0.4, 0.5) is 9.59 Å². The molecule has 2 aromatic heterocycles. The van der Waals surface area contributed by atoms with Gasteiger partial charge in [-0.25, -0.2) is 19.6 Å². The second-order valence-corrected chi connectivity index (χ2v) is 13.5. The molecule has 3 fully saturated rings. The second-order valence-electron chi connectivity index (χ2n) is 13.5. The Morgan fingerprint density at radius 3 is 1.67 bits per heavy atom. The van der Waals surface area contributed by atoms with E-state index in [9.17, 15) is 24.3 Å². The van der Waals surface area contributed by atoms with Crippen LogP contribution in [0.25, 0.3) is 33.6 Å². The number of amides is 4. The number of carbonyl (C=O) groups excluding carboxylic acids is 3. The van der Waals surface area contributed by atoms with Crippen LogP contribution in [0, 0.1) is 5.92 Å². The standard InChI is InChI=1S/C37H42N8O6/c1-21(40-37(50)51-2)34(46)44-17-3-5-29(44)32-38-19-27(41-32)24-11-7-22(8-12-24)23-9-13-25(14-10-23)28-20-39-33(42-28)30-6-4-18-45(30)35(47)31(26-15-16-26)43-36(48)49/h7-14,19-21,26,29-31,43H,3-6,15-18H2,1-2H3,(H,38,41)(H,39,42)(H,40,50)(H,48,49)/t21-,29-,30-,31-/m0/s1. The van der Waals surface area contributed by atoms with E-state index in [1.165, 1.54) is 7.11 Å². The highest BCUT2D eigenvalue weighted by atomic mass is 16.5. The van der Waals surface area contributed by atoms with Gasteiger partial charge in [-0.1, -0.05) is 48.5 Å². The molecule has 4 heterocycles. The highest BCUT2D eigenvalue weighted by Gasteiger charge is 2.43. The first-order chi connectivity index (χ1) is 24.7. The number of nitrogens with one attached hydrogen (secondary N) is 4. The Morgan fingerprint density at radius 2 is 1.22 bits per heavy atom. The average Bonchev–Trinajstić information content (AvgIpc) is 3.61. The molecule has 2 saturated heterocycles. The largest absolute Gasteiger partial charge is 0.465 e. The zero-order chi connectivity index (χ0) is 35.6. The zero-order valence-electron chi connectivity index (χ0n) is 28.6. The van der Waals surface area contributed by atoms with Crippen LogP contribution in [0.2, 0.25) is 0 Å². The van der Waals surface area contributed by atoms with E-state index in [1.807, 2.05) is 24.3 Å². The van der Waals surface area contributed by atoms with Crippen molar-refractivity contribution in [2.75, 3.05) is 20.2 Å². The van der Waals surface area contributed by atoms with E-state index in [0.29, 0.717) is 24.7 Å². The van der Waals surface area contributed by atoms with Crippen molar-refractivity contribution in [1.29, 1.82) is 0 Å². The molecule has 3 aliphatic rings. The molecule has 0 spiro atoms. The van der Waals surface area contributed by atoms with Crippen LogP contribution in [-0.4, -0.2) is 91.1 Å². The van der Waals surface area contributed by atoms with E-state index in [1.54, 1.807) is 29.1 Å². The lowest BCUT2D eigenvalue weighted by Gasteiger charge is -2.27. The molecule has 14 nitrogen and oxygen atoms in total. The molecule has 1 aliphatic carbocycles. The third-order valence-corrected chi connectivity index (χ3v) is 10.1. The number of ether oxygens (including phenoxy) is 1. The first kappa shape index (κ1) is 33.8. The SMILES string of the molecule is COC(=O)N[C@@H](C)C(=O)N1CCC[C@H]1c1ncc(-c2ccc(-c3ccc(-c4cnc([C@@H]5CCCN5C(=O)[C@@H](NC(=O)O)C5CC5)[nH]4)cc3)cc2)[nH]1. The van der Waals surface area contributed by atoms with Crippen LogP contribution in [0.15, 0.2) is 60.9 Å². The Morgan fingerprint density at radius 1 is 0.745 bits per heavy atom. The van der Waals surface area contributed by atoms with Gasteiger partial charge in [0.1, 0.15) is 23.7 Å². The molecule has 5 N–H and O–H groups in total. The number of imidazole rings is 2. The highest BCUT2D eigenvalue weighted by molar-refractivity contribution is 5.87. The number of hydrogen-bond donors (Lipinski definition) is 5. The minimum Gasteiger partial charge on any atom is -0.465 e. The second kappa shape index (κ2) is 14.3. The molecular formula is C37H42N8O6. The molecular weight excluding hydrogens is 652 g/mol. The lowest BCUT2D eigenvalue weighted by molar-refractivity contribution is -0.135. The lowest BCUT2D eigenvalue weighted by atomic mass is 10.0. The van der Waals surface area contributed by atoms with E-state index in [4.69, 9.17) is 0 Å². The van der Waals surface area contributed by atoms with E-state index in [2.05, 4.69) is 59.6 Å². The van der Waals surface area contributed by atoms with E-state index in [-0.39, 0.29) is 29.8 Å². The zero-order valence-corrected chi connectivity index (χ0v) is 28.6. The number of carboxylic acid groups (broad SMARTS) is 1. The van der Waals surface area contributed by atoms with Crippen molar-refractivity contribution in [2.24, 2.45) is 5.92 Å². The average molecular weight is 695 g/mol. The minimum atomic E-state index is -1.17. The number of nitrogens with zero attached hydrogens (tertiary/aromatic N) is 4. The first-order valence-corrected chi connectivity index (χ1v) is 17.5. The number of hydrogen-bond acceptors (Lipinski definition) is 7. The third kappa shape index (κ3) is 7.16. The molecule has 7 rings (SSSR count). The summed E-state index contributed by atoms with van der Waals surface area (Å²) in [6.45, 7) is 2.82. The van der Waals surface area contributed by atoms with Crippen molar-refractivity contribution in [3.8, 4) is 33.6 Å². The lowest BCUT2D eigenvalue weighted by Crippen LogP contribution is -2.49. The summed E-state index contributed by atoms with van der Waals surface area (Å²) < 4.78 is 4.64. The Labute approximate surface area is 295 Å². The van der Waals surface area contributed by atoms with Crippen molar-refractivity contribution >= 4 is 24.0 Å². The van der Waals surface area contributed by atoms with Gasteiger partial charge >= 0.3 is 12.2 Å². The molecule has 2 aliphatic heterocycles. The predicted octanol–water partition coefficient (Wildman–Crippen LogP) is 5.25. The molecule has 4 amide bonds. The van der Waals surface area contributed by atoms with Gasteiger partial charge in [-0.15, -0.1) is 0 Å². The van der Waals surface area contributed by atoms with Crippen molar-refractivity contribution < 1.29 is 29.0 Å². The Bertz CT molecular complexity index is 1900. The van der Waals surface area contributed by atoms with Gasteiger partial charge in [-0.05, 0) is 73.6 Å². The Hall–Kier alpha value is -5.66. The fraction of sp³-hybridized carbons (Fsp3) is 0.405. The van der Waals surface area contributed by atoms with Gasteiger partial charge in [0.25, 0.3) is 0 Å². The molecule has 266 valence electrons. The van der Waals surface area contributed by atoms with Gasteiger partial charge < -0.3 is 40.2 Å². The predicted molar refractivity (Wildman–Crippen MR) is 187 cm³/mol. The fourth-order valence-corrected chi connectivity index (χ4v) is 7.29. The van der Waals surface area contributed by atoms with Crippen molar-refractivity contribution in [2.45, 2.75) is 69.6 Å². The van der Waals surface area contributed by atoms with Gasteiger partial charge in [-0.2, -0.15) is 0 Å². The van der Waals surface area contributed by atoms with Gasteiger partial charge in [0.15, 0.2) is 0 Å². The molecule has 0 radical (unpaired) electrons. The van der Waals surface area contributed by atoms with E-state index < -0.39 is 24.3 Å². The van der Waals surface area contributed by atoms with Crippen LogP contribution in [0.1, 0.15) is 69.2 Å². The summed E-state index contributed by atoms with van der Waals surface area (Å²) in [5.41, 5.74) is 5.74. The number of alkyl carbamates (subject to hydrolysis) is 1. The van der Waals surface area contributed by atoms with Gasteiger partial charge in [0.05, 0.1) is 43.0 Å². The van der Waals surface area contributed by atoms with Gasteiger partial charge in [0.2, 0.25) is 11.8 Å². The normalized spacial score (nSPS) is 19.8. The summed E-state index contributed by atoms with van der Waals surface area (Å²) in [5.74, 6) is 1.14. The number of aromatic amines is 2. The fourth-order valence-electron chi connectivity index (χ4n) is 7.29. The molecule has 4 aromatic rings. The molecule has 1 saturated carbocycles. The number of methoxy groups -OCH3 is 1. The number of aromatic nitrogens is 4. The molecule has 2 aromatic carbocycles. The number of carbonyl (C=O) groups is 4. The summed E-state index contributed by atoms with van der Waals surface area (Å²) >= 11 is 0. The van der Waals surface area contributed by atoms with Crippen molar-refractivity contribution in [3.05, 3.63) is 72.6 Å². The summed E-state index contributed by atoms with van der Waals surface area (Å²) in [7, 11) is 1.27. The minimum absolute atomic E-state index is 0.0654. The topological polar surface area (TPSA) is 186 Å². The van der Waals surface area contributed by atoms with Gasteiger partial charge in [0, 0.05) is 13.1 Å². The first-order valence-electron chi connectivity index (χ1n) is 17.5. The molecule has 4 atom stereocenters. The quantitative estimate of drug-likeness (QED) is 0.149. The molecule has 14 heteroatoms. The van der Waals surface area contributed by atoms with Crippen LogP contribution >= 0.6 is 0 Å². The molecule has 0 bridgehead atoms. The molecule has 51 heavy (non-hydrogen) atoms. The summed E-state index contributed by atoms with van der Waals surface area (Å²) in [4.78, 5) is 69.0. The maximum atomic E-state index is 13.4. The maximum absolute atomic E-state index is 13.4. The summed E-state index contributed by atoms with van der Waals surface area (Å²) in [6.07, 6.45) is 6.71. The van der Waals surface area contributed by atoms with Gasteiger partial charge in [-0.3, -0.25) is 9.59 Å². The molecule has 0 unspecified atom stereocenters. The monoisotopic (exact) mass is 694 g/mol. The van der Waals surface area contributed by atoms with Crippen molar-refractivity contribution in [1.82, 2.24) is 40.4 Å². The van der Waals surface area contributed by atoms with E-state index in [0.717, 1.165) is 72.2 Å². The summed E-state index contributed by atoms with van der Waals surface area (Å²) in [5, 5.41) is 14.3. The van der Waals surface area contributed by atoms with E-state index >= 15 is 0 Å². The third-order valence-electron chi connectivity index (χ3n) is 10.1. The van der Waals surface area contributed by atoms with Crippen LogP contribution in [0.3, 0.4) is 0 Å². The Kier molecular flexibility index (Phi) is 9.48. The van der Waals surface area contributed by atoms with Crippen LogP contribution < -0.4 is 10.6 Å². The number of likely N-dealkylation sites (tertiary alicyclic amines) is 2. The van der Waals surface area contributed by atoms with Crippen LogP contribution in [0.5, 0.6) is 0 Å². The highest BCUT2D eigenvalue weighted by Crippen LogP contribution is 2.38. The number of H-pyrrole nitrogens is 2. The Balaban J connectivity index is 0.994. The summed E-state index contributed by atoms with van der Waals surface area (Å²) in [6, 6.07) is 14.6. The maximum Gasteiger partial charge on any atom is 0.407 e. The number of benzene rings is 2.